The van der Waals surface area contributed by atoms with E-state index < -0.39 is 0 Å². The van der Waals surface area contributed by atoms with Crippen molar-refractivity contribution in [2.75, 3.05) is 26.2 Å². The van der Waals surface area contributed by atoms with E-state index >= 15 is 0 Å². The van der Waals surface area contributed by atoms with E-state index in [1.54, 1.807) is 46.4 Å². The zero-order chi connectivity index (χ0) is 23.2. The number of hydrogen-bond donors (Lipinski definition) is 2. The first-order chi connectivity index (χ1) is 14.6. The maximum Gasteiger partial charge on any atom is 0.327 e. The minimum absolute atomic E-state index is 0. The van der Waals surface area contributed by atoms with Crippen LogP contribution in [0.25, 0.3) is 0 Å². The van der Waals surface area contributed by atoms with Gasteiger partial charge < -0.3 is 15.3 Å². The van der Waals surface area contributed by atoms with Gasteiger partial charge in [0.1, 0.15) is 17.2 Å². The van der Waals surface area contributed by atoms with Gasteiger partial charge in [-0.1, -0.05) is 32.9 Å². The molecule has 0 spiro atoms. The van der Waals surface area contributed by atoms with Gasteiger partial charge in [0.15, 0.2) is 5.84 Å². The topological polar surface area (TPSA) is 102 Å². The number of aliphatic imine (C=N–C) groups is 1. The average Bonchev–Trinajstić information content (AvgIpc) is 2.75. The Morgan fingerprint density at radius 1 is 1.10 bits per heavy atom. The zero-order valence-electron chi connectivity index (χ0n) is 19.2. The molecule has 0 radical (unpaired) electrons. The molecule has 0 unspecified atom stereocenters. The molecular formula is C23H33N5O3. The number of methoxy groups -OCH3 is 2. The molecule has 2 rings (SSSR count). The highest BCUT2D eigenvalue weighted by Crippen LogP contribution is 2.31. The Hall–Kier alpha value is -3.55. The minimum Gasteiger partial charge on any atom is -0.497 e. The Kier molecular flexibility index (Phi) is 7.63. The van der Waals surface area contributed by atoms with Gasteiger partial charge >= 0.3 is 6.03 Å². The second kappa shape index (κ2) is 9.97. The van der Waals surface area contributed by atoms with Crippen molar-refractivity contribution < 1.29 is 15.7 Å². The van der Waals surface area contributed by atoms with E-state index in [0.29, 0.717) is 22.9 Å². The largest absolute Gasteiger partial charge is 0.497 e. The Balaban J connectivity index is 0.00000512. The Bertz CT molecular complexity index is 982. The maximum absolute atomic E-state index is 12.8. The monoisotopic (exact) mass is 427 g/mol. The summed E-state index contributed by atoms with van der Waals surface area (Å²) in [4.78, 5) is 18.7. The smallest absolute Gasteiger partial charge is 0.327 e. The standard InChI is InChI=1S/C23H31N5O3.H2/c1-15(25-19-14-18(30-6)12-13-20(19)31-7)21(27-24)26-22(29)28(5)17-10-8-16(9-11-17)23(2,3)4;/h8-14H,24H2,1-7H3,(H,26,27,29);1H. The SMILES string of the molecule is COc1ccc(OC)c(N=C(C)/C(=N\N)NC(=O)N(C)c2ccc(C(C)(C)C)cc2)c1.[HH]. The normalized spacial score (nSPS) is 12.4. The van der Waals surface area contributed by atoms with Gasteiger partial charge in [-0.05, 0) is 42.2 Å². The van der Waals surface area contributed by atoms with E-state index in [-0.39, 0.29) is 18.7 Å². The molecule has 3 N–H and O–H groups in total. The highest BCUT2D eigenvalue weighted by Gasteiger charge is 2.18. The van der Waals surface area contributed by atoms with Crippen molar-refractivity contribution in [2.24, 2.45) is 15.9 Å². The molecule has 8 nitrogen and oxygen atoms in total. The van der Waals surface area contributed by atoms with Gasteiger partial charge in [0.05, 0.1) is 19.9 Å². The van der Waals surface area contributed by atoms with Crippen molar-refractivity contribution >= 4 is 29.0 Å². The molecule has 168 valence electrons. The molecule has 0 bridgehead atoms. The molecular weight excluding hydrogens is 394 g/mol. The fourth-order valence-corrected chi connectivity index (χ4v) is 2.82. The van der Waals surface area contributed by atoms with Crippen LogP contribution >= 0.6 is 0 Å². The number of hydrogen-bond acceptors (Lipinski definition) is 6. The van der Waals surface area contributed by atoms with Gasteiger partial charge in [-0.25, -0.2) is 9.79 Å². The zero-order valence-corrected chi connectivity index (χ0v) is 19.2. The number of ether oxygens (including phenoxy) is 2. The summed E-state index contributed by atoms with van der Waals surface area (Å²) in [6.45, 7) is 8.12. The number of rotatable bonds is 5. The maximum atomic E-state index is 12.8. The van der Waals surface area contributed by atoms with Gasteiger partial charge in [-0.15, -0.1) is 0 Å². The number of nitrogens with zero attached hydrogens (tertiary/aromatic N) is 3. The van der Waals surface area contributed by atoms with Crippen LogP contribution in [0.15, 0.2) is 52.6 Å². The van der Waals surface area contributed by atoms with Gasteiger partial charge in [0.2, 0.25) is 0 Å². The first-order valence-electron chi connectivity index (χ1n) is 9.81. The number of benzene rings is 2. The molecule has 8 heteroatoms. The van der Waals surface area contributed by atoms with Crippen molar-refractivity contribution in [3.63, 3.8) is 0 Å². The predicted molar refractivity (Wildman–Crippen MR) is 128 cm³/mol. The predicted octanol–water partition coefficient (Wildman–Crippen LogP) is 4.46. The van der Waals surface area contributed by atoms with Gasteiger partial charge in [-0.3, -0.25) is 10.2 Å². The second-order valence-corrected chi connectivity index (χ2v) is 8.00. The molecule has 0 aliphatic rings. The summed E-state index contributed by atoms with van der Waals surface area (Å²) in [7, 11) is 4.79. The molecule has 2 aromatic rings. The highest BCUT2D eigenvalue weighted by atomic mass is 16.5. The summed E-state index contributed by atoms with van der Waals surface area (Å²) in [6, 6.07) is 12.7. The van der Waals surface area contributed by atoms with Crippen LogP contribution in [0.1, 0.15) is 34.7 Å². The van der Waals surface area contributed by atoms with Gasteiger partial charge in [0, 0.05) is 20.2 Å². The molecule has 31 heavy (non-hydrogen) atoms. The van der Waals surface area contributed by atoms with Crippen LogP contribution in [0.2, 0.25) is 0 Å². The van der Waals surface area contributed by atoms with Crippen molar-refractivity contribution in [1.29, 1.82) is 0 Å². The lowest BCUT2D eigenvalue weighted by molar-refractivity contribution is 0.251. The number of amides is 2. The lowest BCUT2D eigenvalue weighted by atomic mass is 9.87. The van der Waals surface area contributed by atoms with E-state index in [1.807, 2.05) is 24.3 Å². The quantitative estimate of drug-likeness (QED) is 0.318. The molecule has 0 aromatic heterocycles. The number of urea groups is 1. The van der Waals surface area contributed by atoms with Crippen LogP contribution < -0.4 is 25.5 Å². The number of carbonyl (C=O) groups is 1. The highest BCUT2D eigenvalue weighted by molar-refractivity contribution is 6.43. The molecule has 2 aromatic carbocycles. The third-order valence-corrected chi connectivity index (χ3v) is 4.80. The molecule has 0 saturated heterocycles. The second-order valence-electron chi connectivity index (χ2n) is 8.00. The molecule has 0 saturated carbocycles. The number of carbonyl (C=O) groups excluding carboxylic acids is 1. The van der Waals surface area contributed by atoms with E-state index in [1.165, 1.54) is 10.5 Å². The van der Waals surface area contributed by atoms with E-state index in [9.17, 15) is 4.79 Å². The van der Waals surface area contributed by atoms with E-state index in [4.69, 9.17) is 15.3 Å². The fourth-order valence-electron chi connectivity index (χ4n) is 2.82. The van der Waals surface area contributed by atoms with Crippen LogP contribution in [-0.4, -0.2) is 38.8 Å². The van der Waals surface area contributed by atoms with Crippen LogP contribution in [0.4, 0.5) is 16.2 Å². The Labute approximate surface area is 185 Å². The molecule has 0 atom stereocenters. The molecule has 0 heterocycles. The van der Waals surface area contributed by atoms with Crippen molar-refractivity contribution in [3.05, 3.63) is 48.0 Å². The van der Waals surface area contributed by atoms with Crippen molar-refractivity contribution in [2.45, 2.75) is 33.1 Å². The van der Waals surface area contributed by atoms with Crippen LogP contribution in [-0.2, 0) is 5.41 Å². The number of nitrogens with two attached hydrogens (primary N) is 1. The lowest BCUT2D eigenvalue weighted by Gasteiger charge is -2.22. The summed E-state index contributed by atoms with van der Waals surface area (Å²) >= 11 is 0. The van der Waals surface area contributed by atoms with Crippen molar-refractivity contribution in [1.82, 2.24) is 5.32 Å². The summed E-state index contributed by atoms with van der Waals surface area (Å²) in [6.07, 6.45) is 0. The van der Waals surface area contributed by atoms with Crippen LogP contribution in [0.5, 0.6) is 11.5 Å². The third kappa shape index (κ3) is 5.97. The first-order valence-corrected chi connectivity index (χ1v) is 9.81. The third-order valence-electron chi connectivity index (χ3n) is 4.80. The van der Waals surface area contributed by atoms with E-state index in [2.05, 4.69) is 36.2 Å². The Morgan fingerprint density at radius 2 is 1.74 bits per heavy atom. The fraction of sp³-hybridized carbons (Fsp3) is 0.348. The Morgan fingerprint density at radius 3 is 2.26 bits per heavy atom. The van der Waals surface area contributed by atoms with Crippen molar-refractivity contribution in [3.8, 4) is 11.5 Å². The first kappa shape index (κ1) is 23.7. The number of nitrogens with one attached hydrogen (secondary N) is 1. The van der Waals surface area contributed by atoms with Crippen LogP contribution in [0.3, 0.4) is 0 Å². The summed E-state index contributed by atoms with van der Waals surface area (Å²) in [5, 5.41) is 6.40. The molecule has 0 fully saturated rings. The number of anilines is 1. The molecule has 0 aliphatic heterocycles. The summed E-state index contributed by atoms with van der Waals surface area (Å²) in [5.74, 6) is 6.85. The van der Waals surface area contributed by atoms with Crippen LogP contribution in [0, 0.1) is 0 Å². The van der Waals surface area contributed by atoms with Gasteiger partial charge in [0.25, 0.3) is 0 Å². The lowest BCUT2D eigenvalue weighted by Crippen LogP contribution is -2.43. The molecule has 0 aliphatic carbocycles. The average molecular weight is 428 g/mol. The molecule has 2 amide bonds. The number of hydrazone groups is 1. The number of amidine groups is 1. The minimum atomic E-state index is -0.389. The van der Waals surface area contributed by atoms with E-state index in [0.717, 1.165) is 5.69 Å². The summed E-state index contributed by atoms with van der Waals surface area (Å²) < 4.78 is 10.6. The van der Waals surface area contributed by atoms with Gasteiger partial charge in [-0.2, -0.15) is 5.10 Å². The summed E-state index contributed by atoms with van der Waals surface area (Å²) in [5.41, 5.74) is 2.91.